The Morgan fingerprint density at radius 3 is 1.51 bits per heavy atom. The van der Waals surface area contributed by atoms with Gasteiger partial charge in [-0.05, 0) is 112 Å². The summed E-state index contributed by atoms with van der Waals surface area (Å²) in [5.74, 6) is 1.35. The van der Waals surface area contributed by atoms with Crippen LogP contribution in [0.25, 0.3) is 0 Å². The highest BCUT2D eigenvalue weighted by molar-refractivity contribution is 5.94. The van der Waals surface area contributed by atoms with E-state index in [1.54, 1.807) is 73.8 Å². The van der Waals surface area contributed by atoms with Gasteiger partial charge in [-0.25, -0.2) is 14.4 Å². The Kier molecular flexibility index (Phi) is 17.2. The molecular weight excluding hydrogens is 604 g/mol. The summed E-state index contributed by atoms with van der Waals surface area (Å²) in [7, 11) is 1.59. The van der Waals surface area contributed by atoms with E-state index in [0.717, 1.165) is 42.7 Å². The predicted molar refractivity (Wildman–Crippen MR) is 177 cm³/mol. The molecule has 0 spiro atoms. The molecule has 0 N–H and O–H groups in total. The highest BCUT2D eigenvalue weighted by Crippen LogP contribution is 2.24. The lowest BCUT2D eigenvalue weighted by atomic mass is 10.1. The van der Waals surface area contributed by atoms with Crippen molar-refractivity contribution in [2.75, 3.05) is 33.5 Å². The fourth-order valence-electron chi connectivity index (χ4n) is 3.75. The van der Waals surface area contributed by atoms with Gasteiger partial charge in [0.2, 0.25) is 0 Å². The van der Waals surface area contributed by atoms with Gasteiger partial charge >= 0.3 is 17.9 Å². The molecule has 0 saturated carbocycles. The second-order valence-corrected chi connectivity index (χ2v) is 9.98. The van der Waals surface area contributed by atoms with Crippen LogP contribution in [0.3, 0.4) is 0 Å². The monoisotopic (exact) mass is 646 g/mol. The number of aryl methyl sites for hydroxylation is 1. The SMILES string of the molecule is C=CC(=O)OCCCCOc1ccc(C(=O)Oc2ccc(OC)cc2C)cc1.C=CC(=O)OCCCCOc1ccc(C(C)=O)cc1. The first-order chi connectivity index (χ1) is 22.7. The fraction of sp³-hybridized carbons (Fsp3) is 0.297. The Balaban J connectivity index is 0.000000353. The second-order valence-electron chi connectivity index (χ2n) is 9.98. The van der Waals surface area contributed by atoms with Gasteiger partial charge in [-0.1, -0.05) is 13.2 Å². The number of hydrogen-bond donors (Lipinski definition) is 0. The number of benzene rings is 3. The van der Waals surface area contributed by atoms with Crippen molar-refractivity contribution in [3.05, 3.63) is 109 Å². The van der Waals surface area contributed by atoms with Crippen molar-refractivity contribution in [3.8, 4) is 23.0 Å². The number of Topliss-reactive ketones (excluding diaryl/α,β-unsaturated/α-hetero) is 1. The van der Waals surface area contributed by atoms with Gasteiger partial charge in [0.25, 0.3) is 0 Å². The zero-order valence-corrected chi connectivity index (χ0v) is 27.2. The molecule has 0 atom stereocenters. The van der Waals surface area contributed by atoms with E-state index in [-0.39, 0.29) is 5.78 Å². The Morgan fingerprint density at radius 1 is 0.638 bits per heavy atom. The number of rotatable bonds is 18. The molecular formula is C37H42O10. The number of methoxy groups -OCH3 is 1. The van der Waals surface area contributed by atoms with E-state index in [1.807, 2.05) is 6.92 Å². The van der Waals surface area contributed by atoms with Crippen molar-refractivity contribution in [3.63, 3.8) is 0 Å². The van der Waals surface area contributed by atoms with Gasteiger partial charge in [0.15, 0.2) is 5.78 Å². The Bertz CT molecular complexity index is 1460. The minimum Gasteiger partial charge on any atom is -0.497 e. The molecule has 0 radical (unpaired) electrons. The highest BCUT2D eigenvalue weighted by atomic mass is 16.5. The highest BCUT2D eigenvalue weighted by Gasteiger charge is 2.11. The summed E-state index contributed by atoms with van der Waals surface area (Å²) in [5.41, 5.74) is 1.91. The number of carbonyl (C=O) groups is 4. The minimum atomic E-state index is -0.441. The third-order valence-electron chi connectivity index (χ3n) is 6.37. The standard InChI is InChI=1S/C22H24O6.C15H18O4/c1-4-21(23)27-14-6-5-13-26-18-9-7-17(8-10-18)22(24)28-20-12-11-19(25-3)15-16(20)2;1-3-15(17)19-11-5-4-10-18-14-8-6-13(7-9-14)12(2)16/h4,7-12,15H,1,5-6,13-14H2,2-3H3;3,6-9H,1,4-5,10-11H2,2H3. The molecule has 10 nitrogen and oxygen atoms in total. The number of ether oxygens (including phenoxy) is 6. The number of carbonyl (C=O) groups excluding carboxylic acids is 4. The Labute approximate surface area is 275 Å². The lowest BCUT2D eigenvalue weighted by Crippen LogP contribution is -2.09. The third kappa shape index (κ3) is 15.0. The van der Waals surface area contributed by atoms with Crippen LogP contribution in [0.4, 0.5) is 0 Å². The first kappa shape index (κ1) is 37.8. The average Bonchev–Trinajstić information content (AvgIpc) is 3.09. The van der Waals surface area contributed by atoms with Gasteiger partial charge < -0.3 is 28.4 Å². The summed E-state index contributed by atoms with van der Waals surface area (Å²) < 4.78 is 31.4. The first-order valence-corrected chi connectivity index (χ1v) is 15.1. The van der Waals surface area contributed by atoms with Gasteiger partial charge in [0, 0.05) is 17.7 Å². The van der Waals surface area contributed by atoms with Crippen molar-refractivity contribution in [1.82, 2.24) is 0 Å². The molecule has 3 aromatic carbocycles. The van der Waals surface area contributed by atoms with Crippen LogP contribution >= 0.6 is 0 Å². The number of hydrogen-bond acceptors (Lipinski definition) is 10. The van der Waals surface area contributed by atoms with E-state index in [2.05, 4.69) is 13.2 Å². The average molecular weight is 647 g/mol. The topological polar surface area (TPSA) is 124 Å². The quantitative estimate of drug-likeness (QED) is 0.0475. The maximum atomic E-state index is 12.3. The van der Waals surface area contributed by atoms with E-state index in [4.69, 9.17) is 28.4 Å². The number of esters is 3. The Morgan fingerprint density at radius 2 is 1.09 bits per heavy atom. The van der Waals surface area contributed by atoms with E-state index >= 15 is 0 Å². The number of unbranched alkanes of at least 4 members (excludes halogenated alkanes) is 2. The van der Waals surface area contributed by atoms with Crippen LogP contribution in [-0.2, 0) is 19.1 Å². The molecule has 3 aromatic rings. The normalized spacial score (nSPS) is 9.94. The molecule has 250 valence electrons. The van der Waals surface area contributed by atoms with E-state index in [1.165, 1.54) is 6.92 Å². The summed E-state index contributed by atoms with van der Waals surface area (Å²) in [4.78, 5) is 45.0. The lowest BCUT2D eigenvalue weighted by molar-refractivity contribution is -0.138. The molecule has 0 aliphatic heterocycles. The summed E-state index contributed by atoms with van der Waals surface area (Å²) in [5, 5.41) is 0. The molecule has 10 heteroatoms. The molecule has 0 aliphatic carbocycles. The molecule has 0 bridgehead atoms. The van der Waals surface area contributed by atoms with Gasteiger partial charge in [-0.3, -0.25) is 4.79 Å². The lowest BCUT2D eigenvalue weighted by Gasteiger charge is -2.10. The smallest absolute Gasteiger partial charge is 0.343 e. The van der Waals surface area contributed by atoms with Crippen molar-refractivity contribution >= 4 is 23.7 Å². The van der Waals surface area contributed by atoms with E-state index in [9.17, 15) is 19.2 Å². The van der Waals surface area contributed by atoms with Crippen molar-refractivity contribution in [2.24, 2.45) is 0 Å². The summed E-state index contributed by atoms with van der Waals surface area (Å²) >= 11 is 0. The number of ketones is 1. The molecule has 0 unspecified atom stereocenters. The molecule has 0 amide bonds. The molecule has 0 heterocycles. The molecule has 0 fully saturated rings. The van der Waals surface area contributed by atoms with Gasteiger partial charge in [-0.15, -0.1) is 0 Å². The molecule has 0 aromatic heterocycles. The van der Waals surface area contributed by atoms with Crippen LogP contribution in [-0.4, -0.2) is 57.2 Å². The summed E-state index contributed by atoms with van der Waals surface area (Å²) in [6, 6.07) is 19.0. The zero-order valence-electron chi connectivity index (χ0n) is 27.2. The van der Waals surface area contributed by atoms with Gasteiger partial charge in [-0.2, -0.15) is 0 Å². The van der Waals surface area contributed by atoms with Crippen LogP contribution in [0.5, 0.6) is 23.0 Å². The van der Waals surface area contributed by atoms with Crippen molar-refractivity contribution in [2.45, 2.75) is 39.5 Å². The summed E-state index contributed by atoms with van der Waals surface area (Å²) in [6.45, 7) is 11.8. The largest absolute Gasteiger partial charge is 0.497 e. The van der Waals surface area contributed by atoms with Crippen molar-refractivity contribution in [1.29, 1.82) is 0 Å². The maximum absolute atomic E-state index is 12.3. The van der Waals surface area contributed by atoms with E-state index in [0.29, 0.717) is 61.2 Å². The van der Waals surface area contributed by atoms with Crippen LogP contribution in [0.1, 0.15) is 58.9 Å². The van der Waals surface area contributed by atoms with Gasteiger partial charge in [0.05, 0.1) is 39.1 Å². The van der Waals surface area contributed by atoms with Crippen LogP contribution in [0, 0.1) is 6.92 Å². The van der Waals surface area contributed by atoms with Crippen LogP contribution in [0.15, 0.2) is 92.0 Å². The van der Waals surface area contributed by atoms with Crippen LogP contribution < -0.4 is 18.9 Å². The molecule has 3 rings (SSSR count). The summed E-state index contributed by atoms with van der Waals surface area (Å²) in [6.07, 6.45) is 5.26. The minimum absolute atomic E-state index is 0.0376. The first-order valence-electron chi connectivity index (χ1n) is 15.1. The zero-order chi connectivity index (χ0) is 34.4. The molecule has 0 aliphatic rings. The predicted octanol–water partition coefficient (Wildman–Crippen LogP) is 6.89. The fourth-order valence-corrected chi connectivity index (χ4v) is 3.75. The second kappa shape index (κ2) is 21.4. The molecule has 47 heavy (non-hydrogen) atoms. The van der Waals surface area contributed by atoms with Crippen molar-refractivity contribution < 1.29 is 47.6 Å². The third-order valence-corrected chi connectivity index (χ3v) is 6.37. The molecule has 0 saturated heterocycles. The Hall–Kier alpha value is -5.38. The van der Waals surface area contributed by atoms with Gasteiger partial charge in [0.1, 0.15) is 23.0 Å². The maximum Gasteiger partial charge on any atom is 0.343 e. The van der Waals surface area contributed by atoms with Crippen LogP contribution in [0.2, 0.25) is 0 Å². The van der Waals surface area contributed by atoms with E-state index < -0.39 is 17.9 Å².